The van der Waals surface area contributed by atoms with E-state index in [0.29, 0.717) is 21.9 Å². The average Bonchev–Trinajstić information content (AvgIpc) is 2.84. The minimum absolute atomic E-state index is 0.578. The summed E-state index contributed by atoms with van der Waals surface area (Å²) in [5.74, 6) is 1.16. The molecule has 0 bridgehead atoms. The first-order valence-electron chi connectivity index (χ1n) is 12.3. The van der Waals surface area contributed by atoms with Gasteiger partial charge in [0.05, 0.1) is 20.1 Å². The minimum atomic E-state index is 0.578. The predicted molar refractivity (Wildman–Crippen MR) is 146 cm³/mol. The Morgan fingerprint density at radius 1 is 0.667 bits per heavy atom. The van der Waals surface area contributed by atoms with Crippen LogP contribution in [0.5, 0.6) is 0 Å². The lowest BCUT2D eigenvalue weighted by Gasteiger charge is -2.32. The van der Waals surface area contributed by atoms with Gasteiger partial charge >= 0.3 is 0 Å². The van der Waals surface area contributed by atoms with Gasteiger partial charge in [0.1, 0.15) is 0 Å². The summed E-state index contributed by atoms with van der Waals surface area (Å²) in [7, 11) is 0. The van der Waals surface area contributed by atoms with E-state index in [-0.39, 0.29) is 0 Å². The smallest absolute Gasteiger partial charge is 0.0627 e. The van der Waals surface area contributed by atoms with Crippen molar-refractivity contribution in [2.75, 3.05) is 39.3 Å². The maximum absolute atomic E-state index is 6.28. The van der Waals surface area contributed by atoms with Crippen LogP contribution in [0.15, 0.2) is 36.4 Å². The van der Waals surface area contributed by atoms with E-state index in [1.807, 2.05) is 24.3 Å². The second-order valence-corrected chi connectivity index (χ2v) is 10.7. The molecule has 0 aliphatic carbocycles. The molecule has 0 atom stereocenters. The van der Waals surface area contributed by atoms with Crippen LogP contribution in [0, 0.1) is 0 Å². The molecule has 0 aromatic heterocycles. The van der Waals surface area contributed by atoms with Gasteiger partial charge in [-0.3, -0.25) is 0 Å². The molecule has 2 aromatic rings. The molecule has 2 heterocycles. The Balaban J connectivity index is 0.000000186. The lowest BCUT2D eigenvalue weighted by Crippen LogP contribution is -2.33. The van der Waals surface area contributed by atoms with Crippen molar-refractivity contribution in [3.8, 4) is 0 Å². The number of nitrogens with zero attached hydrogens (tertiary/aromatic N) is 2. The minimum Gasteiger partial charge on any atom is -0.304 e. The van der Waals surface area contributed by atoms with Crippen LogP contribution < -0.4 is 0 Å². The summed E-state index contributed by atoms with van der Waals surface area (Å²) in [5.41, 5.74) is 2.46. The monoisotopic (exact) mass is 528 g/mol. The quantitative estimate of drug-likeness (QED) is 0.381. The van der Waals surface area contributed by atoms with Crippen molar-refractivity contribution in [3.63, 3.8) is 0 Å². The number of piperidine rings is 2. The summed E-state index contributed by atoms with van der Waals surface area (Å²) < 4.78 is 0. The first-order valence-corrected chi connectivity index (χ1v) is 13.8. The predicted octanol–water partition coefficient (Wildman–Crippen LogP) is 8.78. The van der Waals surface area contributed by atoms with Gasteiger partial charge in [-0.2, -0.15) is 0 Å². The van der Waals surface area contributed by atoms with Crippen LogP contribution >= 0.6 is 46.4 Å². The summed E-state index contributed by atoms with van der Waals surface area (Å²) in [6.07, 6.45) is 6.00. The van der Waals surface area contributed by atoms with Crippen molar-refractivity contribution in [1.29, 1.82) is 0 Å². The maximum atomic E-state index is 6.28. The lowest BCUT2D eigenvalue weighted by molar-refractivity contribution is 0.213. The van der Waals surface area contributed by atoms with Crippen molar-refractivity contribution in [1.82, 2.24) is 9.80 Å². The molecule has 0 saturated carbocycles. The SMILES string of the molecule is CCCN1CCC(c2cccc(Cl)c2Cl)CC1.CCN1CCC(c2cccc(Cl)c2Cl)CC1. The molecule has 182 valence electrons. The van der Waals surface area contributed by atoms with Crippen molar-refractivity contribution in [2.24, 2.45) is 0 Å². The zero-order valence-corrected chi connectivity index (χ0v) is 22.8. The zero-order valence-electron chi connectivity index (χ0n) is 19.8. The van der Waals surface area contributed by atoms with Gasteiger partial charge in [-0.1, -0.05) is 84.5 Å². The van der Waals surface area contributed by atoms with Gasteiger partial charge in [0, 0.05) is 0 Å². The topological polar surface area (TPSA) is 6.48 Å². The van der Waals surface area contributed by atoms with Crippen LogP contribution in [0.25, 0.3) is 0 Å². The van der Waals surface area contributed by atoms with E-state index < -0.39 is 0 Å². The molecular weight excluding hydrogens is 494 g/mol. The molecule has 2 aromatic carbocycles. The van der Waals surface area contributed by atoms with Crippen LogP contribution in [-0.4, -0.2) is 49.1 Å². The number of benzene rings is 2. The molecule has 0 unspecified atom stereocenters. The van der Waals surface area contributed by atoms with Gasteiger partial charge in [0.15, 0.2) is 0 Å². The van der Waals surface area contributed by atoms with Crippen LogP contribution in [0.2, 0.25) is 20.1 Å². The highest BCUT2D eigenvalue weighted by molar-refractivity contribution is 6.43. The fourth-order valence-electron chi connectivity index (χ4n) is 5.02. The normalized spacial score (nSPS) is 18.7. The molecule has 0 radical (unpaired) electrons. The van der Waals surface area contributed by atoms with E-state index in [4.69, 9.17) is 46.4 Å². The Bertz CT molecular complexity index is 872. The van der Waals surface area contributed by atoms with Crippen LogP contribution in [0.1, 0.15) is 68.9 Å². The highest BCUT2D eigenvalue weighted by Crippen LogP contribution is 2.37. The van der Waals surface area contributed by atoms with Gasteiger partial charge in [-0.25, -0.2) is 0 Å². The Morgan fingerprint density at radius 2 is 1.09 bits per heavy atom. The van der Waals surface area contributed by atoms with Crippen LogP contribution in [0.4, 0.5) is 0 Å². The molecule has 33 heavy (non-hydrogen) atoms. The molecule has 0 amide bonds. The summed E-state index contributed by atoms with van der Waals surface area (Å²) in [6, 6.07) is 11.9. The van der Waals surface area contributed by atoms with Crippen molar-refractivity contribution >= 4 is 46.4 Å². The highest BCUT2D eigenvalue weighted by Gasteiger charge is 2.23. The number of likely N-dealkylation sites (tertiary alicyclic amines) is 2. The van der Waals surface area contributed by atoms with Gasteiger partial charge in [0.2, 0.25) is 0 Å². The second kappa shape index (κ2) is 13.6. The van der Waals surface area contributed by atoms with Gasteiger partial charge < -0.3 is 9.80 Å². The van der Waals surface area contributed by atoms with Gasteiger partial charge in [-0.15, -0.1) is 0 Å². The molecule has 2 aliphatic heterocycles. The molecule has 2 saturated heterocycles. The maximum Gasteiger partial charge on any atom is 0.0627 e. The number of hydrogen-bond donors (Lipinski definition) is 0. The van der Waals surface area contributed by atoms with E-state index in [1.165, 1.54) is 76.0 Å². The van der Waals surface area contributed by atoms with Crippen LogP contribution in [-0.2, 0) is 0 Å². The van der Waals surface area contributed by atoms with E-state index in [0.717, 1.165) is 16.6 Å². The van der Waals surface area contributed by atoms with E-state index in [1.54, 1.807) is 0 Å². The molecule has 0 N–H and O–H groups in total. The molecule has 2 nitrogen and oxygen atoms in total. The first-order chi connectivity index (χ1) is 15.9. The molecule has 2 aliphatic rings. The van der Waals surface area contributed by atoms with E-state index in [9.17, 15) is 0 Å². The fraction of sp³-hybridized carbons (Fsp3) is 0.556. The summed E-state index contributed by atoms with van der Waals surface area (Å²) in [6.45, 7) is 11.5. The Hall–Kier alpha value is -0.480. The Morgan fingerprint density at radius 3 is 1.48 bits per heavy atom. The molecule has 6 heteroatoms. The Labute approximate surface area is 220 Å². The Kier molecular flexibility index (Phi) is 11.1. The third kappa shape index (κ3) is 7.50. The standard InChI is InChI=1S/C14H19Cl2N.C13H17Cl2N/c1-2-8-17-9-6-11(7-10-17)12-4-3-5-13(15)14(12)16;1-2-16-8-6-10(7-9-16)11-4-3-5-12(14)13(11)15/h3-5,11H,2,6-10H2,1H3;3-5,10H,2,6-9H2,1H3. The first kappa shape index (κ1) is 27.1. The number of rotatable bonds is 5. The van der Waals surface area contributed by atoms with Crippen molar-refractivity contribution < 1.29 is 0 Å². The molecule has 0 spiro atoms. The van der Waals surface area contributed by atoms with Gasteiger partial charge in [-0.05, 0) is 106 Å². The molecule has 2 fully saturated rings. The molecule has 4 rings (SSSR count). The number of halogens is 4. The third-order valence-corrected chi connectivity index (χ3v) is 8.67. The highest BCUT2D eigenvalue weighted by atomic mass is 35.5. The van der Waals surface area contributed by atoms with Crippen LogP contribution in [0.3, 0.4) is 0 Å². The summed E-state index contributed by atoms with van der Waals surface area (Å²) >= 11 is 24.6. The van der Waals surface area contributed by atoms with Crippen molar-refractivity contribution in [2.45, 2.75) is 57.8 Å². The average molecular weight is 530 g/mol. The van der Waals surface area contributed by atoms with Crippen molar-refractivity contribution in [3.05, 3.63) is 67.6 Å². The molecular formula is C27H36Cl4N2. The summed E-state index contributed by atoms with van der Waals surface area (Å²) in [4.78, 5) is 5.02. The largest absolute Gasteiger partial charge is 0.304 e. The van der Waals surface area contributed by atoms with E-state index >= 15 is 0 Å². The lowest BCUT2D eigenvalue weighted by atomic mass is 9.89. The summed E-state index contributed by atoms with van der Waals surface area (Å²) in [5, 5.41) is 2.86. The zero-order chi connectivity index (χ0) is 23.8. The second-order valence-electron chi connectivity index (χ2n) is 9.11. The van der Waals surface area contributed by atoms with Gasteiger partial charge in [0.25, 0.3) is 0 Å². The fourth-order valence-corrected chi connectivity index (χ4v) is 5.94. The van der Waals surface area contributed by atoms with E-state index in [2.05, 4.69) is 35.8 Å². The number of hydrogen-bond acceptors (Lipinski definition) is 2. The third-order valence-electron chi connectivity index (χ3n) is 7.00.